The van der Waals surface area contributed by atoms with Gasteiger partial charge in [-0.1, -0.05) is 23.3 Å². The second-order valence-corrected chi connectivity index (χ2v) is 4.29. The molecule has 1 rings (SSSR count). The van der Waals surface area contributed by atoms with Gasteiger partial charge in [0.2, 0.25) is 0 Å². The highest BCUT2D eigenvalue weighted by molar-refractivity contribution is 6.30. The average Bonchev–Trinajstić information content (AvgIpc) is 2.24. The molecule has 0 heterocycles. The number of halogens is 2. The van der Waals surface area contributed by atoms with Gasteiger partial charge in [0.05, 0.1) is 0 Å². The Morgan fingerprint density at radius 1 is 1.50 bits per heavy atom. The molecule has 0 saturated heterocycles. The van der Waals surface area contributed by atoms with Crippen molar-refractivity contribution in [3.63, 3.8) is 0 Å². The van der Waals surface area contributed by atoms with Crippen molar-refractivity contribution in [3.8, 4) is 0 Å². The van der Waals surface area contributed by atoms with E-state index in [2.05, 4.69) is 11.4 Å². The minimum Gasteiger partial charge on any atom is -0.319 e. The number of nitrogens with one attached hydrogen (secondary N) is 1. The molecule has 1 N–H and O–H groups in total. The van der Waals surface area contributed by atoms with E-state index in [9.17, 15) is 4.39 Å². The third-order valence-corrected chi connectivity index (χ3v) is 2.60. The first-order chi connectivity index (χ1) is 7.63. The molecule has 0 aliphatic rings. The fraction of sp³-hybridized carbons (Fsp3) is 0.385. The van der Waals surface area contributed by atoms with Crippen molar-refractivity contribution in [1.29, 1.82) is 0 Å². The molecule has 1 aromatic carbocycles. The van der Waals surface area contributed by atoms with E-state index in [1.807, 2.05) is 14.0 Å². The minimum atomic E-state index is -0.189. The van der Waals surface area contributed by atoms with Crippen molar-refractivity contribution in [2.45, 2.75) is 19.8 Å². The summed E-state index contributed by atoms with van der Waals surface area (Å²) in [5.41, 5.74) is 1.82. The molecule has 0 amide bonds. The van der Waals surface area contributed by atoms with Gasteiger partial charge in [-0.15, -0.1) is 0 Å². The predicted octanol–water partition coefficient (Wildman–Crippen LogP) is 3.58. The standard InChI is InChI=1S/C13H17ClFN/c1-10(4-3-7-16-2)8-11-9-12(14)5-6-13(11)15/h4-6,9,16H,3,7-8H2,1-2H3/b10-4-. The van der Waals surface area contributed by atoms with Gasteiger partial charge in [0, 0.05) is 5.02 Å². The lowest BCUT2D eigenvalue weighted by molar-refractivity contribution is 0.613. The number of hydrogen-bond acceptors (Lipinski definition) is 1. The zero-order valence-electron chi connectivity index (χ0n) is 9.69. The van der Waals surface area contributed by atoms with Gasteiger partial charge in [-0.2, -0.15) is 0 Å². The van der Waals surface area contributed by atoms with Gasteiger partial charge < -0.3 is 5.32 Å². The summed E-state index contributed by atoms with van der Waals surface area (Å²) in [5.74, 6) is -0.189. The monoisotopic (exact) mass is 241 g/mol. The Bertz CT molecular complexity index is 374. The van der Waals surface area contributed by atoms with Crippen molar-refractivity contribution >= 4 is 11.6 Å². The summed E-state index contributed by atoms with van der Waals surface area (Å²) in [6, 6.07) is 4.67. The molecule has 0 aliphatic carbocycles. The molecule has 0 saturated carbocycles. The number of allylic oxidation sites excluding steroid dienone is 1. The van der Waals surface area contributed by atoms with E-state index < -0.39 is 0 Å². The minimum absolute atomic E-state index is 0.189. The lowest BCUT2D eigenvalue weighted by atomic mass is 10.0. The van der Waals surface area contributed by atoms with Gasteiger partial charge >= 0.3 is 0 Å². The van der Waals surface area contributed by atoms with E-state index in [4.69, 9.17) is 11.6 Å². The fourth-order valence-electron chi connectivity index (χ4n) is 1.51. The van der Waals surface area contributed by atoms with E-state index in [-0.39, 0.29) is 5.82 Å². The van der Waals surface area contributed by atoms with Crippen molar-refractivity contribution in [1.82, 2.24) is 5.32 Å². The van der Waals surface area contributed by atoms with E-state index >= 15 is 0 Å². The maximum Gasteiger partial charge on any atom is 0.126 e. The van der Waals surface area contributed by atoms with Crippen molar-refractivity contribution < 1.29 is 4.39 Å². The molecule has 0 radical (unpaired) electrons. The Balaban J connectivity index is 2.65. The maximum absolute atomic E-state index is 13.4. The largest absolute Gasteiger partial charge is 0.319 e. The molecular weight excluding hydrogens is 225 g/mol. The molecule has 0 bridgehead atoms. The maximum atomic E-state index is 13.4. The highest BCUT2D eigenvalue weighted by Crippen LogP contribution is 2.18. The summed E-state index contributed by atoms with van der Waals surface area (Å²) >= 11 is 5.83. The molecule has 1 aromatic rings. The van der Waals surface area contributed by atoms with Gasteiger partial charge in [-0.3, -0.25) is 0 Å². The smallest absolute Gasteiger partial charge is 0.126 e. The van der Waals surface area contributed by atoms with Crippen LogP contribution in [-0.4, -0.2) is 13.6 Å². The first-order valence-electron chi connectivity index (χ1n) is 5.37. The molecule has 16 heavy (non-hydrogen) atoms. The quantitative estimate of drug-likeness (QED) is 0.614. The first-order valence-corrected chi connectivity index (χ1v) is 5.75. The Morgan fingerprint density at radius 3 is 2.94 bits per heavy atom. The van der Waals surface area contributed by atoms with Crippen molar-refractivity contribution in [3.05, 3.63) is 46.3 Å². The van der Waals surface area contributed by atoms with Crippen LogP contribution in [0.5, 0.6) is 0 Å². The molecule has 0 atom stereocenters. The molecule has 0 aromatic heterocycles. The molecule has 1 nitrogen and oxygen atoms in total. The van der Waals surface area contributed by atoms with Gasteiger partial charge in [0.1, 0.15) is 5.82 Å². The summed E-state index contributed by atoms with van der Waals surface area (Å²) in [7, 11) is 1.92. The Morgan fingerprint density at radius 2 is 2.25 bits per heavy atom. The average molecular weight is 242 g/mol. The van der Waals surface area contributed by atoms with E-state index in [1.165, 1.54) is 6.07 Å². The summed E-state index contributed by atoms with van der Waals surface area (Å²) in [4.78, 5) is 0. The van der Waals surface area contributed by atoms with E-state index in [0.717, 1.165) is 18.5 Å². The molecular formula is C13H17ClFN. The molecule has 88 valence electrons. The van der Waals surface area contributed by atoms with Crippen LogP contribution in [0.2, 0.25) is 5.02 Å². The van der Waals surface area contributed by atoms with Crippen LogP contribution in [0.3, 0.4) is 0 Å². The van der Waals surface area contributed by atoms with Crippen LogP contribution in [0.15, 0.2) is 29.8 Å². The normalized spacial score (nSPS) is 11.9. The fourth-order valence-corrected chi connectivity index (χ4v) is 1.71. The van der Waals surface area contributed by atoms with Crippen LogP contribution < -0.4 is 5.32 Å². The van der Waals surface area contributed by atoms with Crippen LogP contribution in [-0.2, 0) is 6.42 Å². The zero-order valence-corrected chi connectivity index (χ0v) is 10.4. The van der Waals surface area contributed by atoms with E-state index in [0.29, 0.717) is 17.0 Å². The Hall–Kier alpha value is -0.860. The summed E-state index contributed by atoms with van der Waals surface area (Å²) in [6.07, 6.45) is 3.71. The number of benzene rings is 1. The highest BCUT2D eigenvalue weighted by atomic mass is 35.5. The Kier molecular flexibility index (Phi) is 5.50. The van der Waals surface area contributed by atoms with Gasteiger partial charge in [0.15, 0.2) is 0 Å². The van der Waals surface area contributed by atoms with Crippen LogP contribution >= 0.6 is 11.6 Å². The van der Waals surface area contributed by atoms with Crippen LogP contribution in [0, 0.1) is 5.82 Å². The third kappa shape index (κ3) is 4.33. The molecule has 0 aliphatic heterocycles. The summed E-state index contributed by atoms with van der Waals surface area (Å²) < 4.78 is 13.4. The topological polar surface area (TPSA) is 12.0 Å². The van der Waals surface area contributed by atoms with Crippen LogP contribution in [0.4, 0.5) is 4.39 Å². The second kappa shape index (κ2) is 6.66. The lowest BCUT2D eigenvalue weighted by Crippen LogP contribution is -2.06. The van der Waals surface area contributed by atoms with Gasteiger partial charge in [-0.05, 0) is 57.1 Å². The number of rotatable bonds is 5. The van der Waals surface area contributed by atoms with Crippen LogP contribution in [0.25, 0.3) is 0 Å². The Labute approximate surface area is 101 Å². The van der Waals surface area contributed by atoms with Gasteiger partial charge in [-0.25, -0.2) is 4.39 Å². The second-order valence-electron chi connectivity index (χ2n) is 3.86. The predicted molar refractivity (Wildman–Crippen MR) is 67.4 cm³/mol. The first kappa shape index (κ1) is 13.2. The summed E-state index contributed by atoms with van der Waals surface area (Å²) in [6.45, 7) is 2.95. The summed E-state index contributed by atoms with van der Waals surface area (Å²) in [5, 5.41) is 3.65. The highest BCUT2D eigenvalue weighted by Gasteiger charge is 2.03. The van der Waals surface area contributed by atoms with Crippen LogP contribution in [0.1, 0.15) is 18.9 Å². The molecule has 0 fully saturated rings. The molecule has 3 heteroatoms. The zero-order chi connectivity index (χ0) is 12.0. The van der Waals surface area contributed by atoms with Crippen molar-refractivity contribution in [2.24, 2.45) is 0 Å². The molecule has 0 spiro atoms. The third-order valence-electron chi connectivity index (χ3n) is 2.36. The van der Waals surface area contributed by atoms with Crippen molar-refractivity contribution in [2.75, 3.05) is 13.6 Å². The van der Waals surface area contributed by atoms with E-state index in [1.54, 1.807) is 12.1 Å². The molecule has 0 unspecified atom stereocenters. The SMILES string of the molecule is CNCC/C=C(/C)Cc1cc(Cl)ccc1F. The number of hydrogen-bond donors (Lipinski definition) is 1. The lowest BCUT2D eigenvalue weighted by Gasteiger charge is -2.04. The van der Waals surface area contributed by atoms with Gasteiger partial charge in [0.25, 0.3) is 0 Å².